The second-order valence-corrected chi connectivity index (χ2v) is 7.57. The fourth-order valence-electron chi connectivity index (χ4n) is 4.12. The maximum Gasteiger partial charge on any atom is 0.317 e. The molecule has 2 aliphatic heterocycles. The van der Waals surface area contributed by atoms with Gasteiger partial charge in [0, 0.05) is 45.2 Å². The number of likely N-dealkylation sites (tertiary alicyclic amines) is 1. The van der Waals surface area contributed by atoms with Crippen molar-refractivity contribution in [1.82, 2.24) is 10.2 Å². The number of carbonyl (C=O) groups excluding carboxylic acids is 1. The average Bonchev–Trinajstić information content (AvgIpc) is 3.19. The van der Waals surface area contributed by atoms with Gasteiger partial charge < -0.3 is 24.6 Å². The van der Waals surface area contributed by atoms with Crippen LogP contribution in [-0.4, -0.2) is 64.0 Å². The van der Waals surface area contributed by atoms with Crippen molar-refractivity contribution in [3.8, 4) is 5.75 Å². The Morgan fingerprint density at radius 1 is 1.19 bits per heavy atom. The largest absolute Gasteiger partial charge is 0.495 e. The van der Waals surface area contributed by atoms with Gasteiger partial charge in [0.25, 0.3) is 0 Å². The third kappa shape index (κ3) is 5.28. The summed E-state index contributed by atoms with van der Waals surface area (Å²) in [6.45, 7) is 7.87. The summed E-state index contributed by atoms with van der Waals surface area (Å²) in [6.07, 6.45) is 3.31. The second kappa shape index (κ2) is 9.83. The number of urea groups is 1. The van der Waals surface area contributed by atoms with E-state index in [1.807, 2.05) is 30.0 Å². The van der Waals surface area contributed by atoms with E-state index in [1.54, 1.807) is 7.11 Å². The molecule has 2 atom stereocenters. The van der Waals surface area contributed by atoms with E-state index in [4.69, 9.17) is 9.47 Å². The third-order valence-corrected chi connectivity index (χ3v) is 5.62. The first kappa shape index (κ1) is 19.8. The van der Waals surface area contributed by atoms with E-state index in [9.17, 15) is 4.79 Å². The maximum atomic E-state index is 12.6. The zero-order valence-corrected chi connectivity index (χ0v) is 16.7. The van der Waals surface area contributed by atoms with Crippen molar-refractivity contribution in [2.45, 2.75) is 26.2 Å². The van der Waals surface area contributed by atoms with Gasteiger partial charge in [0.05, 0.1) is 19.4 Å². The Bertz CT molecular complexity index is 610. The molecule has 150 valence electrons. The van der Waals surface area contributed by atoms with Crippen LogP contribution in [0.15, 0.2) is 24.3 Å². The average molecular weight is 376 g/mol. The molecule has 1 aromatic carbocycles. The quantitative estimate of drug-likeness (QED) is 0.796. The van der Waals surface area contributed by atoms with Crippen LogP contribution in [0.2, 0.25) is 0 Å². The smallest absolute Gasteiger partial charge is 0.317 e. The minimum absolute atomic E-state index is 0.0759. The van der Waals surface area contributed by atoms with E-state index < -0.39 is 0 Å². The van der Waals surface area contributed by atoms with E-state index in [1.165, 1.54) is 0 Å². The molecular weight excluding hydrogens is 342 g/mol. The zero-order valence-electron chi connectivity index (χ0n) is 16.7. The molecule has 2 saturated heterocycles. The Kier molecular flexibility index (Phi) is 7.21. The number of para-hydroxylation sites is 2. The molecule has 2 fully saturated rings. The van der Waals surface area contributed by atoms with Crippen molar-refractivity contribution in [1.29, 1.82) is 0 Å². The topological polar surface area (TPSA) is 54.0 Å². The molecule has 27 heavy (non-hydrogen) atoms. The summed E-state index contributed by atoms with van der Waals surface area (Å²) in [7, 11) is 1.71. The van der Waals surface area contributed by atoms with Crippen LogP contribution >= 0.6 is 0 Å². The summed E-state index contributed by atoms with van der Waals surface area (Å²) in [5.41, 5.74) is 1.14. The minimum atomic E-state index is 0.0759. The van der Waals surface area contributed by atoms with Crippen LogP contribution in [0.4, 0.5) is 10.5 Å². The Hall–Kier alpha value is -1.95. The van der Waals surface area contributed by atoms with Gasteiger partial charge in [0.1, 0.15) is 5.75 Å². The molecule has 0 radical (unpaired) electrons. The summed E-state index contributed by atoms with van der Waals surface area (Å²) >= 11 is 0. The highest BCUT2D eigenvalue weighted by Crippen LogP contribution is 2.31. The summed E-state index contributed by atoms with van der Waals surface area (Å²) in [5.74, 6) is 1.86. The predicted octanol–water partition coefficient (Wildman–Crippen LogP) is 2.98. The van der Waals surface area contributed by atoms with Gasteiger partial charge in [-0.25, -0.2) is 4.79 Å². The standard InChI is InChI=1S/C21H33N3O3/c1-3-27-16-18-7-6-11-24(15-18)21(25)22-13-17-10-12-23(14-17)19-8-4-5-9-20(19)26-2/h4-5,8-9,17-18H,3,6-7,10-16H2,1-2H3,(H,22,25). The van der Waals surface area contributed by atoms with Crippen molar-refractivity contribution in [2.75, 3.05) is 57.9 Å². The lowest BCUT2D eigenvalue weighted by Crippen LogP contribution is -2.47. The summed E-state index contributed by atoms with van der Waals surface area (Å²) < 4.78 is 11.0. The van der Waals surface area contributed by atoms with E-state index in [2.05, 4.69) is 16.3 Å². The van der Waals surface area contributed by atoms with Gasteiger partial charge in [-0.15, -0.1) is 0 Å². The summed E-state index contributed by atoms with van der Waals surface area (Å²) in [5, 5.41) is 3.16. The van der Waals surface area contributed by atoms with Crippen LogP contribution in [0.5, 0.6) is 5.75 Å². The molecule has 2 unspecified atom stereocenters. The molecule has 0 saturated carbocycles. The number of anilines is 1. The van der Waals surface area contributed by atoms with Crippen LogP contribution in [0.3, 0.4) is 0 Å². The highest BCUT2D eigenvalue weighted by Gasteiger charge is 2.27. The zero-order chi connectivity index (χ0) is 19.1. The van der Waals surface area contributed by atoms with E-state index in [-0.39, 0.29) is 6.03 Å². The number of rotatable bonds is 7. The fraction of sp³-hybridized carbons (Fsp3) is 0.667. The van der Waals surface area contributed by atoms with Crippen LogP contribution in [0.1, 0.15) is 26.2 Å². The van der Waals surface area contributed by atoms with Gasteiger partial charge >= 0.3 is 6.03 Å². The van der Waals surface area contributed by atoms with Gasteiger partial charge in [0.15, 0.2) is 0 Å². The Balaban J connectivity index is 1.44. The van der Waals surface area contributed by atoms with E-state index in [0.717, 1.165) is 76.6 Å². The molecule has 0 aromatic heterocycles. The molecule has 6 heteroatoms. The number of ether oxygens (including phenoxy) is 2. The second-order valence-electron chi connectivity index (χ2n) is 7.57. The number of benzene rings is 1. The third-order valence-electron chi connectivity index (χ3n) is 5.62. The normalized spacial score (nSPS) is 22.7. The molecule has 6 nitrogen and oxygen atoms in total. The van der Waals surface area contributed by atoms with Crippen molar-refractivity contribution < 1.29 is 14.3 Å². The molecule has 3 rings (SSSR count). The van der Waals surface area contributed by atoms with E-state index >= 15 is 0 Å². The predicted molar refractivity (Wildman–Crippen MR) is 108 cm³/mol. The Morgan fingerprint density at radius 3 is 2.85 bits per heavy atom. The number of hydrogen-bond acceptors (Lipinski definition) is 4. The van der Waals surface area contributed by atoms with Crippen LogP contribution in [-0.2, 0) is 4.74 Å². The van der Waals surface area contributed by atoms with E-state index in [0.29, 0.717) is 11.8 Å². The Labute approximate surface area is 162 Å². The number of methoxy groups -OCH3 is 1. The Morgan fingerprint density at radius 2 is 2.04 bits per heavy atom. The number of carbonyl (C=O) groups is 1. The van der Waals surface area contributed by atoms with Crippen LogP contribution in [0.25, 0.3) is 0 Å². The van der Waals surface area contributed by atoms with Gasteiger partial charge in [-0.2, -0.15) is 0 Å². The molecule has 1 N–H and O–H groups in total. The van der Waals surface area contributed by atoms with Gasteiger partial charge in [-0.1, -0.05) is 12.1 Å². The van der Waals surface area contributed by atoms with Gasteiger partial charge in [-0.05, 0) is 44.2 Å². The monoisotopic (exact) mass is 375 g/mol. The summed E-state index contributed by atoms with van der Waals surface area (Å²) in [4.78, 5) is 16.9. The van der Waals surface area contributed by atoms with Crippen molar-refractivity contribution >= 4 is 11.7 Å². The minimum Gasteiger partial charge on any atom is -0.495 e. The molecule has 2 amide bonds. The number of nitrogens with zero attached hydrogens (tertiary/aromatic N) is 2. The molecule has 2 heterocycles. The highest BCUT2D eigenvalue weighted by molar-refractivity contribution is 5.74. The first-order chi connectivity index (χ1) is 13.2. The van der Waals surface area contributed by atoms with Gasteiger partial charge in [-0.3, -0.25) is 0 Å². The molecule has 0 spiro atoms. The number of hydrogen-bond donors (Lipinski definition) is 1. The SMILES string of the molecule is CCOCC1CCCN(C(=O)NCC2CCN(c3ccccc3OC)C2)C1. The molecule has 0 bridgehead atoms. The molecule has 0 aliphatic carbocycles. The summed E-state index contributed by atoms with van der Waals surface area (Å²) in [6, 6.07) is 8.22. The lowest BCUT2D eigenvalue weighted by molar-refractivity contribution is 0.0755. The number of amides is 2. The maximum absolute atomic E-state index is 12.6. The van der Waals surface area contributed by atoms with Crippen LogP contribution in [0, 0.1) is 11.8 Å². The fourth-order valence-corrected chi connectivity index (χ4v) is 4.12. The first-order valence-corrected chi connectivity index (χ1v) is 10.2. The number of piperidine rings is 1. The molecule has 2 aliphatic rings. The van der Waals surface area contributed by atoms with Crippen molar-refractivity contribution in [2.24, 2.45) is 11.8 Å². The van der Waals surface area contributed by atoms with Gasteiger partial charge in [0.2, 0.25) is 0 Å². The number of nitrogens with one attached hydrogen (secondary N) is 1. The van der Waals surface area contributed by atoms with Crippen molar-refractivity contribution in [3.05, 3.63) is 24.3 Å². The first-order valence-electron chi connectivity index (χ1n) is 10.2. The molecular formula is C21H33N3O3. The van der Waals surface area contributed by atoms with Crippen molar-refractivity contribution in [3.63, 3.8) is 0 Å². The highest BCUT2D eigenvalue weighted by atomic mass is 16.5. The van der Waals surface area contributed by atoms with Crippen LogP contribution < -0.4 is 15.0 Å². The lowest BCUT2D eigenvalue weighted by atomic mass is 9.99. The lowest BCUT2D eigenvalue weighted by Gasteiger charge is -2.33. The molecule has 1 aromatic rings.